The molecule has 1 atom stereocenters. The molecular formula is C27H29ClN2O2. The van der Waals surface area contributed by atoms with Gasteiger partial charge < -0.3 is 19.3 Å². The Morgan fingerprint density at radius 1 is 1.06 bits per heavy atom. The Morgan fingerprint density at radius 3 is 2.50 bits per heavy atom. The highest BCUT2D eigenvalue weighted by Crippen LogP contribution is 2.37. The lowest BCUT2D eigenvalue weighted by molar-refractivity contribution is 0.181. The quantitative estimate of drug-likeness (QED) is 0.438. The summed E-state index contributed by atoms with van der Waals surface area (Å²) in [4.78, 5) is 4.48. The summed E-state index contributed by atoms with van der Waals surface area (Å²) in [6.45, 7) is 5.80. The number of hydrogen-bond acceptors (Lipinski definition) is 4. The number of nitrogens with zero attached hydrogens (tertiary/aromatic N) is 2. The van der Waals surface area contributed by atoms with Crippen LogP contribution < -0.4 is 14.4 Å². The van der Waals surface area contributed by atoms with Crippen LogP contribution in [0.3, 0.4) is 0 Å². The number of anilines is 1. The van der Waals surface area contributed by atoms with E-state index in [0.29, 0.717) is 11.6 Å². The summed E-state index contributed by atoms with van der Waals surface area (Å²) in [5, 5.41) is 0.711. The van der Waals surface area contributed by atoms with E-state index >= 15 is 0 Å². The van der Waals surface area contributed by atoms with E-state index in [-0.39, 0.29) is 6.04 Å². The Labute approximate surface area is 195 Å². The lowest BCUT2D eigenvalue weighted by atomic mass is 9.91. The van der Waals surface area contributed by atoms with Crippen LogP contribution in [0.5, 0.6) is 11.5 Å². The minimum Gasteiger partial charge on any atom is -0.497 e. The second kappa shape index (κ2) is 9.58. The largest absolute Gasteiger partial charge is 0.497 e. The molecule has 1 heterocycles. The molecule has 0 fully saturated rings. The van der Waals surface area contributed by atoms with Crippen molar-refractivity contribution in [2.45, 2.75) is 12.5 Å². The molecule has 0 bridgehead atoms. The molecule has 0 radical (unpaired) electrons. The molecule has 1 aliphatic heterocycles. The fraction of sp³-hybridized carbons (Fsp3) is 0.259. The SMILES string of the molecule is C=C(c1cccc(Cl)c1)N1CCc2cc(N(C)C)ccc2C1COc1ccc(OC)cc1. The summed E-state index contributed by atoms with van der Waals surface area (Å²) in [5.74, 6) is 1.63. The molecule has 0 amide bonds. The molecule has 4 nitrogen and oxygen atoms in total. The molecule has 1 unspecified atom stereocenters. The smallest absolute Gasteiger partial charge is 0.119 e. The molecule has 166 valence electrons. The number of methoxy groups -OCH3 is 1. The molecule has 0 N–H and O–H groups in total. The van der Waals surface area contributed by atoms with Crippen molar-refractivity contribution in [2.24, 2.45) is 0 Å². The van der Waals surface area contributed by atoms with Gasteiger partial charge in [-0.15, -0.1) is 0 Å². The van der Waals surface area contributed by atoms with Crippen molar-refractivity contribution in [3.63, 3.8) is 0 Å². The Balaban J connectivity index is 1.64. The maximum absolute atomic E-state index is 6.26. The molecule has 4 rings (SSSR count). The lowest BCUT2D eigenvalue weighted by Crippen LogP contribution is -2.37. The first-order chi connectivity index (χ1) is 15.5. The summed E-state index contributed by atoms with van der Waals surface area (Å²) in [6, 6.07) is 22.3. The van der Waals surface area contributed by atoms with Crippen molar-refractivity contribution in [1.29, 1.82) is 0 Å². The fourth-order valence-electron chi connectivity index (χ4n) is 4.16. The van der Waals surface area contributed by atoms with Gasteiger partial charge in [-0.3, -0.25) is 0 Å². The third-order valence-corrected chi connectivity index (χ3v) is 6.21. The van der Waals surface area contributed by atoms with Crippen molar-refractivity contribution < 1.29 is 9.47 Å². The summed E-state index contributed by atoms with van der Waals surface area (Å²) in [7, 11) is 5.81. The predicted octanol–water partition coefficient (Wildman–Crippen LogP) is 6.06. The van der Waals surface area contributed by atoms with E-state index in [1.165, 1.54) is 16.8 Å². The highest BCUT2D eigenvalue weighted by molar-refractivity contribution is 6.30. The van der Waals surface area contributed by atoms with Crippen LogP contribution in [0.25, 0.3) is 5.70 Å². The molecule has 3 aromatic carbocycles. The normalized spacial score (nSPS) is 15.1. The minimum absolute atomic E-state index is 0.0449. The predicted molar refractivity (Wildman–Crippen MR) is 133 cm³/mol. The van der Waals surface area contributed by atoms with Crippen LogP contribution in [-0.4, -0.2) is 39.3 Å². The zero-order valence-electron chi connectivity index (χ0n) is 18.8. The summed E-state index contributed by atoms with van der Waals surface area (Å²) in [5.41, 5.74) is 5.83. The Hall–Kier alpha value is -3.11. The van der Waals surface area contributed by atoms with Crippen LogP contribution in [0, 0.1) is 0 Å². The van der Waals surface area contributed by atoms with Gasteiger partial charge in [-0.25, -0.2) is 0 Å². The first kappa shape index (κ1) is 22.1. The van der Waals surface area contributed by atoms with Gasteiger partial charge >= 0.3 is 0 Å². The van der Waals surface area contributed by atoms with E-state index < -0.39 is 0 Å². The van der Waals surface area contributed by atoms with Gasteiger partial charge in [0.25, 0.3) is 0 Å². The zero-order chi connectivity index (χ0) is 22.7. The standard InChI is InChI=1S/C27H29ClN2O2/c1-19(20-6-5-7-22(28)16-20)30-15-14-21-17-23(29(2)3)8-13-26(21)27(30)18-32-25-11-9-24(31-4)10-12-25/h5-13,16-17,27H,1,14-15,18H2,2-4H3. The Morgan fingerprint density at radius 2 is 1.81 bits per heavy atom. The summed E-state index contributed by atoms with van der Waals surface area (Å²) >= 11 is 6.26. The van der Waals surface area contributed by atoms with Crippen LogP contribution in [-0.2, 0) is 6.42 Å². The van der Waals surface area contributed by atoms with Crippen LogP contribution in [0.4, 0.5) is 5.69 Å². The third-order valence-electron chi connectivity index (χ3n) is 5.97. The fourth-order valence-corrected chi connectivity index (χ4v) is 4.35. The summed E-state index contributed by atoms with van der Waals surface area (Å²) in [6.07, 6.45) is 0.954. The molecule has 3 aromatic rings. The second-order valence-electron chi connectivity index (χ2n) is 8.18. The average molecular weight is 449 g/mol. The van der Waals surface area contributed by atoms with E-state index in [4.69, 9.17) is 21.1 Å². The van der Waals surface area contributed by atoms with E-state index in [2.05, 4.69) is 54.7 Å². The Kier molecular flexibility index (Phi) is 6.61. The first-order valence-electron chi connectivity index (χ1n) is 10.7. The lowest BCUT2D eigenvalue weighted by Gasteiger charge is -2.40. The van der Waals surface area contributed by atoms with Gasteiger partial charge in [-0.05, 0) is 71.6 Å². The first-order valence-corrected chi connectivity index (χ1v) is 11.1. The van der Waals surface area contributed by atoms with Crippen molar-refractivity contribution in [2.75, 3.05) is 39.3 Å². The van der Waals surface area contributed by atoms with E-state index in [1.807, 2.05) is 42.5 Å². The highest BCUT2D eigenvalue weighted by Gasteiger charge is 2.30. The van der Waals surface area contributed by atoms with Gasteiger partial charge in [0.1, 0.15) is 18.1 Å². The molecule has 0 aliphatic carbocycles. The van der Waals surface area contributed by atoms with Gasteiger partial charge in [0.15, 0.2) is 0 Å². The maximum atomic E-state index is 6.26. The number of fused-ring (bicyclic) bond motifs is 1. The molecular weight excluding hydrogens is 420 g/mol. The van der Waals surface area contributed by atoms with Gasteiger partial charge in [-0.1, -0.05) is 36.4 Å². The molecule has 32 heavy (non-hydrogen) atoms. The van der Waals surface area contributed by atoms with Crippen LogP contribution >= 0.6 is 11.6 Å². The number of ether oxygens (including phenoxy) is 2. The number of benzene rings is 3. The molecule has 0 aromatic heterocycles. The van der Waals surface area contributed by atoms with Crippen LogP contribution in [0.2, 0.25) is 5.02 Å². The van der Waals surface area contributed by atoms with Gasteiger partial charge in [0.2, 0.25) is 0 Å². The molecule has 0 spiro atoms. The number of rotatable bonds is 7. The highest BCUT2D eigenvalue weighted by atomic mass is 35.5. The van der Waals surface area contributed by atoms with Crippen molar-refractivity contribution in [3.05, 3.63) is 95.0 Å². The van der Waals surface area contributed by atoms with Gasteiger partial charge in [0, 0.05) is 37.0 Å². The van der Waals surface area contributed by atoms with Gasteiger partial charge in [-0.2, -0.15) is 0 Å². The zero-order valence-corrected chi connectivity index (χ0v) is 19.6. The van der Waals surface area contributed by atoms with E-state index in [1.54, 1.807) is 7.11 Å². The Bertz CT molecular complexity index is 1100. The average Bonchev–Trinajstić information content (AvgIpc) is 2.81. The van der Waals surface area contributed by atoms with Crippen molar-refractivity contribution in [1.82, 2.24) is 4.90 Å². The molecule has 1 aliphatic rings. The van der Waals surface area contributed by atoms with Crippen LogP contribution in [0.15, 0.2) is 73.3 Å². The van der Waals surface area contributed by atoms with Crippen LogP contribution in [0.1, 0.15) is 22.7 Å². The van der Waals surface area contributed by atoms with Crippen molar-refractivity contribution in [3.8, 4) is 11.5 Å². The van der Waals surface area contributed by atoms with Crippen molar-refractivity contribution >= 4 is 23.0 Å². The molecule has 5 heteroatoms. The topological polar surface area (TPSA) is 24.9 Å². The molecule has 0 saturated heterocycles. The maximum Gasteiger partial charge on any atom is 0.119 e. The van der Waals surface area contributed by atoms with E-state index in [0.717, 1.165) is 35.7 Å². The minimum atomic E-state index is 0.0449. The van der Waals surface area contributed by atoms with E-state index in [9.17, 15) is 0 Å². The number of hydrogen-bond donors (Lipinski definition) is 0. The second-order valence-corrected chi connectivity index (χ2v) is 8.62. The summed E-state index contributed by atoms with van der Waals surface area (Å²) < 4.78 is 11.5. The number of halogens is 1. The van der Waals surface area contributed by atoms with Gasteiger partial charge in [0.05, 0.1) is 13.2 Å². The molecule has 0 saturated carbocycles. The third kappa shape index (κ3) is 4.71. The monoisotopic (exact) mass is 448 g/mol.